The second-order valence-corrected chi connectivity index (χ2v) is 4.12. The summed E-state index contributed by atoms with van der Waals surface area (Å²) < 4.78 is 13.1. The van der Waals surface area contributed by atoms with Crippen LogP contribution in [0.5, 0.6) is 0 Å². The minimum Gasteiger partial charge on any atom is -0.330 e. The molecule has 1 aromatic rings. The van der Waals surface area contributed by atoms with Crippen LogP contribution in [-0.2, 0) is 6.42 Å². The summed E-state index contributed by atoms with van der Waals surface area (Å²) in [5, 5.41) is 0. The minimum absolute atomic E-state index is 0.139. The third-order valence-electron chi connectivity index (χ3n) is 2.09. The van der Waals surface area contributed by atoms with Crippen molar-refractivity contribution in [2.75, 3.05) is 12.8 Å². The fraction of sp³-hybridized carbons (Fsp3) is 0.455. The summed E-state index contributed by atoms with van der Waals surface area (Å²) in [5.41, 5.74) is 6.47. The van der Waals surface area contributed by atoms with Gasteiger partial charge in [-0.05, 0) is 55.8 Å². The van der Waals surface area contributed by atoms with Crippen molar-refractivity contribution in [1.29, 1.82) is 0 Å². The first-order chi connectivity index (χ1) is 6.76. The second kappa shape index (κ2) is 6.04. The zero-order chi connectivity index (χ0) is 10.4. The highest BCUT2D eigenvalue weighted by atomic mass is 32.2. The number of nitrogens with two attached hydrogens (primary N) is 1. The van der Waals surface area contributed by atoms with E-state index >= 15 is 0 Å². The van der Waals surface area contributed by atoms with E-state index < -0.39 is 0 Å². The molecule has 0 saturated heterocycles. The molecule has 0 atom stereocenters. The van der Waals surface area contributed by atoms with Crippen LogP contribution in [0.4, 0.5) is 4.39 Å². The van der Waals surface area contributed by atoms with Crippen LogP contribution in [0.15, 0.2) is 23.1 Å². The Morgan fingerprint density at radius 1 is 1.29 bits per heavy atom. The summed E-state index contributed by atoms with van der Waals surface area (Å²) in [6.07, 6.45) is 4.92. The number of benzene rings is 1. The van der Waals surface area contributed by atoms with E-state index in [-0.39, 0.29) is 5.82 Å². The summed E-state index contributed by atoms with van der Waals surface area (Å²) in [6.45, 7) is 0.713. The summed E-state index contributed by atoms with van der Waals surface area (Å²) in [6, 6.07) is 5.22. The number of hydrogen-bond donors (Lipinski definition) is 1. The van der Waals surface area contributed by atoms with Gasteiger partial charge in [0.2, 0.25) is 0 Å². The van der Waals surface area contributed by atoms with Gasteiger partial charge >= 0.3 is 0 Å². The van der Waals surface area contributed by atoms with Gasteiger partial charge in [0.15, 0.2) is 0 Å². The Balaban J connectivity index is 2.62. The van der Waals surface area contributed by atoms with Gasteiger partial charge < -0.3 is 5.73 Å². The summed E-state index contributed by atoms with van der Waals surface area (Å²) >= 11 is 1.57. The van der Waals surface area contributed by atoms with E-state index in [0.717, 1.165) is 29.7 Å². The Morgan fingerprint density at radius 3 is 2.71 bits per heavy atom. The lowest BCUT2D eigenvalue weighted by atomic mass is 10.1. The van der Waals surface area contributed by atoms with Crippen LogP contribution in [0, 0.1) is 5.82 Å². The lowest BCUT2D eigenvalue weighted by Crippen LogP contribution is -1.99. The van der Waals surface area contributed by atoms with Crippen molar-refractivity contribution in [2.24, 2.45) is 5.73 Å². The number of aryl methyl sites for hydroxylation is 1. The van der Waals surface area contributed by atoms with E-state index in [4.69, 9.17) is 5.73 Å². The molecule has 1 nitrogen and oxygen atoms in total. The number of rotatable bonds is 5. The van der Waals surface area contributed by atoms with Crippen molar-refractivity contribution in [2.45, 2.75) is 24.2 Å². The average molecular weight is 213 g/mol. The third kappa shape index (κ3) is 3.68. The van der Waals surface area contributed by atoms with E-state index in [1.165, 1.54) is 0 Å². The van der Waals surface area contributed by atoms with E-state index in [1.807, 2.05) is 12.3 Å². The molecule has 0 saturated carbocycles. The Bertz CT molecular complexity index is 289. The highest BCUT2D eigenvalue weighted by Crippen LogP contribution is 2.19. The molecule has 14 heavy (non-hydrogen) atoms. The van der Waals surface area contributed by atoms with Gasteiger partial charge in [0.05, 0.1) is 0 Å². The van der Waals surface area contributed by atoms with Gasteiger partial charge in [-0.2, -0.15) is 0 Å². The number of thioether (sulfide) groups is 1. The molecule has 0 amide bonds. The molecule has 0 unspecified atom stereocenters. The number of halogens is 1. The first-order valence-electron chi connectivity index (χ1n) is 4.80. The van der Waals surface area contributed by atoms with E-state index in [0.29, 0.717) is 6.54 Å². The molecule has 0 aromatic heterocycles. The Kier molecular flexibility index (Phi) is 4.98. The van der Waals surface area contributed by atoms with Gasteiger partial charge in [-0.1, -0.05) is 0 Å². The molecule has 0 aliphatic rings. The molecular weight excluding hydrogens is 197 g/mol. The SMILES string of the molecule is CSc1cc(F)cc(CCCCN)c1. The van der Waals surface area contributed by atoms with Crippen LogP contribution in [0.3, 0.4) is 0 Å². The van der Waals surface area contributed by atoms with Gasteiger partial charge in [-0.25, -0.2) is 4.39 Å². The van der Waals surface area contributed by atoms with Crippen LogP contribution in [-0.4, -0.2) is 12.8 Å². The summed E-state index contributed by atoms with van der Waals surface area (Å²) in [5.74, 6) is -0.139. The molecule has 0 heterocycles. The predicted molar refractivity (Wildman–Crippen MR) is 60.2 cm³/mol. The lowest BCUT2D eigenvalue weighted by Gasteiger charge is -2.03. The fourth-order valence-corrected chi connectivity index (χ4v) is 1.86. The molecule has 0 bridgehead atoms. The van der Waals surface area contributed by atoms with Crippen molar-refractivity contribution in [3.63, 3.8) is 0 Å². The number of unbranched alkanes of at least 4 members (excludes halogenated alkanes) is 1. The van der Waals surface area contributed by atoms with Crippen molar-refractivity contribution in [1.82, 2.24) is 0 Å². The van der Waals surface area contributed by atoms with E-state index in [1.54, 1.807) is 23.9 Å². The molecule has 0 aliphatic carbocycles. The first-order valence-corrected chi connectivity index (χ1v) is 6.02. The van der Waals surface area contributed by atoms with Crippen LogP contribution >= 0.6 is 11.8 Å². The van der Waals surface area contributed by atoms with Crippen molar-refractivity contribution in [3.05, 3.63) is 29.6 Å². The third-order valence-corrected chi connectivity index (χ3v) is 2.79. The second-order valence-electron chi connectivity index (χ2n) is 3.25. The Morgan fingerprint density at radius 2 is 2.07 bits per heavy atom. The first kappa shape index (κ1) is 11.5. The molecule has 78 valence electrons. The maximum atomic E-state index is 13.1. The van der Waals surface area contributed by atoms with Gasteiger partial charge in [0.1, 0.15) is 5.82 Å². The normalized spacial score (nSPS) is 10.5. The van der Waals surface area contributed by atoms with Crippen LogP contribution in [0.2, 0.25) is 0 Å². The van der Waals surface area contributed by atoms with Crippen molar-refractivity contribution < 1.29 is 4.39 Å². The molecular formula is C11H16FNS. The molecule has 0 fully saturated rings. The fourth-order valence-electron chi connectivity index (χ4n) is 1.36. The van der Waals surface area contributed by atoms with Crippen molar-refractivity contribution in [3.8, 4) is 0 Å². The van der Waals surface area contributed by atoms with E-state index in [2.05, 4.69) is 0 Å². The van der Waals surface area contributed by atoms with Crippen LogP contribution in [0.1, 0.15) is 18.4 Å². The molecule has 0 spiro atoms. The molecule has 0 radical (unpaired) electrons. The Labute approximate surface area is 88.9 Å². The standard InChI is InChI=1S/C11H16FNS/c1-14-11-7-9(4-2-3-5-13)6-10(12)8-11/h6-8H,2-5,13H2,1H3. The van der Waals surface area contributed by atoms with Crippen LogP contribution in [0.25, 0.3) is 0 Å². The largest absolute Gasteiger partial charge is 0.330 e. The maximum absolute atomic E-state index is 13.1. The maximum Gasteiger partial charge on any atom is 0.124 e. The van der Waals surface area contributed by atoms with Crippen LogP contribution < -0.4 is 5.73 Å². The van der Waals surface area contributed by atoms with Gasteiger partial charge in [-0.3, -0.25) is 0 Å². The molecule has 2 N–H and O–H groups in total. The lowest BCUT2D eigenvalue weighted by molar-refractivity contribution is 0.619. The minimum atomic E-state index is -0.139. The zero-order valence-electron chi connectivity index (χ0n) is 8.42. The predicted octanol–water partition coefficient (Wildman–Crippen LogP) is 2.83. The highest BCUT2D eigenvalue weighted by Gasteiger charge is 1.99. The van der Waals surface area contributed by atoms with Gasteiger partial charge in [0.25, 0.3) is 0 Å². The zero-order valence-corrected chi connectivity index (χ0v) is 9.24. The monoisotopic (exact) mass is 213 g/mol. The Hall–Kier alpha value is -0.540. The molecule has 1 rings (SSSR count). The average Bonchev–Trinajstić information content (AvgIpc) is 2.17. The topological polar surface area (TPSA) is 26.0 Å². The highest BCUT2D eigenvalue weighted by molar-refractivity contribution is 7.98. The molecule has 3 heteroatoms. The summed E-state index contributed by atoms with van der Waals surface area (Å²) in [4.78, 5) is 0.993. The van der Waals surface area contributed by atoms with Crippen molar-refractivity contribution >= 4 is 11.8 Å². The quantitative estimate of drug-likeness (QED) is 0.601. The van der Waals surface area contributed by atoms with Gasteiger partial charge in [0, 0.05) is 4.90 Å². The molecule has 0 aliphatic heterocycles. The summed E-state index contributed by atoms with van der Waals surface area (Å²) in [7, 11) is 0. The van der Waals surface area contributed by atoms with Gasteiger partial charge in [-0.15, -0.1) is 11.8 Å². The smallest absolute Gasteiger partial charge is 0.124 e. The van der Waals surface area contributed by atoms with E-state index in [9.17, 15) is 4.39 Å². The number of hydrogen-bond acceptors (Lipinski definition) is 2. The molecule has 1 aromatic carbocycles.